The summed E-state index contributed by atoms with van der Waals surface area (Å²) in [6, 6.07) is 7.41. The van der Waals surface area contributed by atoms with Gasteiger partial charge in [0.25, 0.3) is 0 Å². The summed E-state index contributed by atoms with van der Waals surface area (Å²) in [5, 5.41) is 12.4. The van der Waals surface area contributed by atoms with Crippen molar-refractivity contribution in [2.24, 2.45) is 5.92 Å². The number of piperidine rings is 1. The first-order valence-electron chi connectivity index (χ1n) is 6.25. The highest BCUT2D eigenvalue weighted by molar-refractivity contribution is 5.47. The van der Waals surface area contributed by atoms with Gasteiger partial charge in [0.1, 0.15) is 17.6 Å². The molecule has 1 N–H and O–H groups in total. The van der Waals surface area contributed by atoms with Crippen molar-refractivity contribution in [3.05, 3.63) is 23.8 Å². The minimum Gasteiger partial charge on any atom is -0.497 e. The van der Waals surface area contributed by atoms with Gasteiger partial charge in [0.15, 0.2) is 0 Å². The summed E-state index contributed by atoms with van der Waals surface area (Å²) in [5.41, 5.74) is 0.555. The molecule has 1 atom stereocenters. The van der Waals surface area contributed by atoms with E-state index in [1.807, 2.05) is 0 Å². The third kappa shape index (κ3) is 3.14. The average molecular weight is 246 g/mol. The summed E-state index contributed by atoms with van der Waals surface area (Å²) >= 11 is 0. The average Bonchev–Trinajstić information content (AvgIpc) is 2.45. The quantitative estimate of drug-likeness (QED) is 0.882. The van der Waals surface area contributed by atoms with E-state index in [1.165, 1.54) is 12.8 Å². The minimum atomic E-state index is 0.525. The molecule has 1 aromatic carbocycles. The summed E-state index contributed by atoms with van der Waals surface area (Å²) in [4.78, 5) is 0. The maximum absolute atomic E-state index is 9.04. The molecule has 1 fully saturated rings. The van der Waals surface area contributed by atoms with Crippen molar-refractivity contribution in [2.45, 2.75) is 12.8 Å². The maximum Gasteiger partial charge on any atom is 0.140 e. The fourth-order valence-electron chi connectivity index (χ4n) is 2.12. The first kappa shape index (κ1) is 12.7. The van der Waals surface area contributed by atoms with Crippen LogP contribution in [0.5, 0.6) is 11.5 Å². The molecule has 0 spiro atoms. The van der Waals surface area contributed by atoms with Gasteiger partial charge in [0.05, 0.1) is 19.3 Å². The molecule has 1 unspecified atom stereocenters. The smallest absolute Gasteiger partial charge is 0.140 e. The van der Waals surface area contributed by atoms with Crippen LogP contribution in [-0.2, 0) is 0 Å². The second-order valence-electron chi connectivity index (χ2n) is 4.50. The van der Waals surface area contributed by atoms with Crippen LogP contribution in [-0.4, -0.2) is 26.8 Å². The van der Waals surface area contributed by atoms with Crippen LogP contribution >= 0.6 is 0 Å². The number of hydrogen-bond donors (Lipinski definition) is 1. The Labute approximate surface area is 108 Å². The number of nitrogens with zero attached hydrogens (tertiary/aromatic N) is 1. The highest BCUT2D eigenvalue weighted by atomic mass is 16.5. The molecule has 0 aromatic heterocycles. The van der Waals surface area contributed by atoms with E-state index < -0.39 is 0 Å². The van der Waals surface area contributed by atoms with E-state index in [2.05, 4.69) is 11.4 Å². The first-order chi connectivity index (χ1) is 8.83. The van der Waals surface area contributed by atoms with Crippen LogP contribution in [0.2, 0.25) is 0 Å². The molecule has 0 amide bonds. The number of nitriles is 1. The van der Waals surface area contributed by atoms with Crippen LogP contribution < -0.4 is 14.8 Å². The van der Waals surface area contributed by atoms with E-state index >= 15 is 0 Å². The van der Waals surface area contributed by atoms with Crippen LogP contribution in [0.15, 0.2) is 18.2 Å². The Hall–Kier alpha value is -1.73. The van der Waals surface area contributed by atoms with Crippen molar-refractivity contribution < 1.29 is 9.47 Å². The zero-order valence-electron chi connectivity index (χ0n) is 10.6. The second-order valence-corrected chi connectivity index (χ2v) is 4.50. The molecule has 1 aromatic rings. The predicted molar refractivity (Wildman–Crippen MR) is 68.8 cm³/mol. The molecule has 1 aliphatic heterocycles. The lowest BCUT2D eigenvalue weighted by Gasteiger charge is -2.23. The topological polar surface area (TPSA) is 54.3 Å². The van der Waals surface area contributed by atoms with Crippen molar-refractivity contribution in [2.75, 3.05) is 26.8 Å². The van der Waals surface area contributed by atoms with Crippen LogP contribution in [0.3, 0.4) is 0 Å². The van der Waals surface area contributed by atoms with Gasteiger partial charge in [-0.2, -0.15) is 5.26 Å². The Morgan fingerprint density at radius 2 is 2.39 bits per heavy atom. The van der Waals surface area contributed by atoms with Crippen molar-refractivity contribution in [1.29, 1.82) is 5.26 Å². The van der Waals surface area contributed by atoms with Crippen molar-refractivity contribution >= 4 is 0 Å². The van der Waals surface area contributed by atoms with E-state index in [1.54, 1.807) is 25.3 Å². The monoisotopic (exact) mass is 246 g/mol. The summed E-state index contributed by atoms with van der Waals surface area (Å²) in [5.74, 6) is 1.85. The Balaban J connectivity index is 2.00. The number of ether oxygens (including phenoxy) is 2. The molecule has 4 nitrogen and oxygen atoms in total. The number of hydrogen-bond acceptors (Lipinski definition) is 4. The number of rotatable bonds is 4. The van der Waals surface area contributed by atoms with Gasteiger partial charge in [0.2, 0.25) is 0 Å². The predicted octanol–water partition coefficient (Wildman–Crippen LogP) is 1.95. The van der Waals surface area contributed by atoms with Crippen LogP contribution in [0, 0.1) is 17.2 Å². The van der Waals surface area contributed by atoms with Gasteiger partial charge in [0, 0.05) is 18.5 Å². The molecule has 1 heterocycles. The summed E-state index contributed by atoms with van der Waals surface area (Å²) < 4.78 is 10.9. The lowest BCUT2D eigenvalue weighted by atomic mass is 10.0. The molecule has 0 saturated carbocycles. The fourth-order valence-corrected chi connectivity index (χ4v) is 2.12. The van der Waals surface area contributed by atoms with Crippen molar-refractivity contribution in [3.8, 4) is 17.6 Å². The molecule has 18 heavy (non-hydrogen) atoms. The Bertz CT molecular complexity index is 434. The van der Waals surface area contributed by atoms with Gasteiger partial charge < -0.3 is 14.8 Å². The Morgan fingerprint density at radius 3 is 3.06 bits per heavy atom. The number of benzene rings is 1. The summed E-state index contributed by atoms with van der Waals surface area (Å²) in [6.07, 6.45) is 2.37. The second kappa shape index (κ2) is 6.27. The van der Waals surface area contributed by atoms with Gasteiger partial charge in [-0.1, -0.05) is 0 Å². The van der Waals surface area contributed by atoms with Gasteiger partial charge in [-0.05, 0) is 31.5 Å². The Morgan fingerprint density at radius 1 is 1.50 bits per heavy atom. The molecule has 4 heteroatoms. The van der Waals surface area contributed by atoms with E-state index in [9.17, 15) is 0 Å². The number of methoxy groups -OCH3 is 1. The summed E-state index contributed by atoms with van der Waals surface area (Å²) in [6.45, 7) is 2.74. The lowest BCUT2D eigenvalue weighted by Crippen LogP contribution is -2.33. The SMILES string of the molecule is COc1ccc(C#N)c(OCC2CCCNC2)c1. The molecule has 0 bridgehead atoms. The summed E-state index contributed by atoms with van der Waals surface area (Å²) in [7, 11) is 1.61. The largest absolute Gasteiger partial charge is 0.497 e. The van der Waals surface area contributed by atoms with Crippen LogP contribution in [0.1, 0.15) is 18.4 Å². The van der Waals surface area contributed by atoms with Crippen molar-refractivity contribution in [1.82, 2.24) is 5.32 Å². The highest BCUT2D eigenvalue weighted by Crippen LogP contribution is 2.25. The maximum atomic E-state index is 9.04. The fraction of sp³-hybridized carbons (Fsp3) is 0.500. The standard InChI is InChI=1S/C14H18N2O2/c1-17-13-5-4-12(8-15)14(7-13)18-10-11-3-2-6-16-9-11/h4-5,7,11,16H,2-3,6,9-10H2,1H3. The first-order valence-corrected chi connectivity index (χ1v) is 6.25. The normalized spacial score (nSPS) is 19.0. The lowest BCUT2D eigenvalue weighted by molar-refractivity contribution is 0.217. The molecule has 0 aliphatic carbocycles. The molecule has 1 aliphatic rings. The van der Waals surface area contributed by atoms with E-state index in [-0.39, 0.29) is 0 Å². The Kier molecular flexibility index (Phi) is 4.43. The zero-order chi connectivity index (χ0) is 12.8. The molecule has 96 valence electrons. The molecule has 2 rings (SSSR count). The van der Waals surface area contributed by atoms with E-state index in [4.69, 9.17) is 14.7 Å². The molecule has 1 saturated heterocycles. The van der Waals surface area contributed by atoms with Crippen molar-refractivity contribution in [3.63, 3.8) is 0 Å². The minimum absolute atomic E-state index is 0.525. The third-order valence-corrected chi connectivity index (χ3v) is 3.18. The van der Waals surface area contributed by atoms with Gasteiger partial charge in [-0.3, -0.25) is 0 Å². The number of nitrogens with one attached hydrogen (secondary N) is 1. The van der Waals surface area contributed by atoms with E-state index in [0.717, 1.165) is 13.1 Å². The zero-order valence-corrected chi connectivity index (χ0v) is 10.6. The van der Waals surface area contributed by atoms with Crippen LogP contribution in [0.25, 0.3) is 0 Å². The molecule has 0 radical (unpaired) electrons. The third-order valence-electron chi connectivity index (χ3n) is 3.18. The molecular formula is C14H18N2O2. The van der Waals surface area contributed by atoms with Crippen LogP contribution in [0.4, 0.5) is 0 Å². The van der Waals surface area contributed by atoms with Gasteiger partial charge >= 0.3 is 0 Å². The van der Waals surface area contributed by atoms with Gasteiger partial charge in [-0.25, -0.2) is 0 Å². The molecular weight excluding hydrogens is 228 g/mol. The highest BCUT2D eigenvalue weighted by Gasteiger charge is 2.14. The van der Waals surface area contributed by atoms with E-state index in [0.29, 0.717) is 29.6 Å². The van der Waals surface area contributed by atoms with Gasteiger partial charge in [-0.15, -0.1) is 0 Å².